The van der Waals surface area contributed by atoms with Crippen molar-refractivity contribution >= 4 is 50.4 Å². The third-order valence-corrected chi connectivity index (χ3v) is 7.27. The van der Waals surface area contributed by atoms with Crippen LogP contribution in [0.5, 0.6) is 0 Å². The molecule has 1 fully saturated rings. The van der Waals surface area contributed by atoms with Gasteiger partial charge >= 0.3 is 0 Å². The fraction of sp³-hybridized carbons (Fsp3) is 0.167. The van der Waals surface area contributed by atoms with E-state index in [4.69, 9.17) is 0 Å². The van der Waals surface area contributed by atoms with Crippen molar-refractivity contribution in [2.75, 3.05) is 4.90 Å². The van der Waals surface area contributed by atoms with Crippen molar-refractivity contribution in [2.24, 2.45) is 0 Å². The van der Waals surface area contributed by atoms with Crippen molar-refractivity contribution < 1.29 is 14.7 Å². The number of thiophene rings is 1. The summed E-state index contributed by atoms with van der Waals surface area (Å²) in [6, 6.07) is 14.1. The molecule has 1 N–H and O–H groups in total. The Morgan fingerprint density at radius 1 is 1.00 bits per heavy atom. The molecule has 4 nitrogen and oxygen atoms in total. The van der Waals surface area contributed by atoms with Gasteiger partial charge in [0.2, 0.25) is 0 Å². The largest absolute Gasteiger partial charge is 0.507 e. The number of anilines is 1. The number of Topliss-reactive ketones (excluding diaryl/α,β-unsaturated/α-hetero) is 1. The molecule has 1 atom stereocenters. The molecule has 0 saturated carbocycles. The van der Waals surface area contributed by atoms with Crippen LogP contribution in [0.3, 0.4) is 0 Å². The molecule has 3 aromatic rings. The standard InChI is InChI=1S/C24H20BrNO3S/c1-13-6-8-17(12-14(13)2)26-21(19-5-4-10-30-19)20(23(28)24(26)29)22(27)16-7-9-18(25)15(3)11-16/h4-12,21,27H,1-3H3/b22-20-. The van der Waals surface area contributed by atoms with Gasteiger partial charge in [0.15, 0.2) is 0 Å². The molecule has 6 heteroatoms. The van der Waals surface area contributed by atoms with Gasteiger partial charge in [0.05, 0.1) is 5.57 Å². The zero-order valence-electron chi connectivity index (χ0n) is 16.8. The van der Waals surface area contributed by atoms with E-state index in [9.17, 15) is 14.7 Å². The fourth-order valence-corrected chi connectivity index (χ4v) is 4.71. The molecule has 0 spiro atoms. The first-order valence-electron chi connectivity index (χ1n) is 9.47. The normalized spacial score (nSPS) is 18.3. The summed E-state index contributed by atoms with van der Waals surface area (Å²) in [5, 5.41) is 13.0. The van der Waals surface area contributed by atoms with E-state index in [2.05, 4.69) is 15.9 Å². The fourth-order valence-electron chi connectivity index (χ4n) is 3.64. The molecule has 2 aromatic carbocycles. The van der Waals surface area contributed by atoms with E-state index >= 15 is 0 Å². The van der Waals surface area contributed by atoms with Crippen LogP contribution < -0.4 is 4.90 Å². The van der Waals surface area contributed by atoms with Gasteiger partial charge in [-0.05, 0) is 73.2 Å². The van der Waals surface area contributed by atoms with Crippen molar-refractivity contribution in [2.45, 2.75) is 26.8 Å². The van der Waals surface area contributed by atoms with E-state index in [0.717, 1.165) is 26.0 Å². The Morgan fingerprint density at radius 3 is 2.40 bits per heavy atom. The maximum atomic E-state index is 13.1. The van der Waals surface area contributed by atoms with Gasteiger partial charge in [0, 0.05) is 20.6 Å². The number of carbonyl (C=O) groups is 2. The van der Waals surface area contributed by atoms with Crippen molar-refractivity contribution in [3.8, 4) is 0 Å². The van der Waals surface area contributed by atoms with E-state index in [1.54, 1.807) is 12.1 Å². The van der Waals surface area contributed by atoms with Gasteiger partial charge in [-0.1, -0.05) is 34.1 Å². The number of aryl methyl sites for hydroxylation is 3. The lowest BCUT2D eigenvalue weighted by molar-refractivity contribution is -0.132. The Morgan fingerprint density at radius 2 is 1.77 bits per heavy atom. The summed E-state index contributed by atoms with van der Waals surface area (Å²) in [6.45, 7) is 5.88. The SMILES string of the molecule is Cc1ccc(N2C(=O)C(=O)/C(=C(\O)c3ccc(Br)c(C)c3)C2c2cccs2)cc1C. The highest BCUT2D eigenvalue weighted by atomic mass is 79.9. The Balaban J connectivity index is 1.93. The van der Waals surface area contributed by atoms with Crippen LogP contribution in [0.15, 0.2) is 64.0 Å². The summed E-state index contributed by atoms with van der Waals surface area (Å²) in [5.74, 6) is -1.47. The number of amides is 1. The van der Waals surface area contributed by atoms with Crippen LogP contribution >= 0.6 is 27.3 Å². The van der Waals surface area contributed by atoms with Gasteiger partial charge in [-0.15, -0.1) is 11.3 Å². The monoisotopic (exact) mass is 481 g/mol. The van der Waals surface area contributed by atoms with Gasteiger partial charge < -0.3 is 5.11 Å². The van der Waals surface area contributed by atoms with Gasteiger partial charge in [-0.3, -0.25) is 14.5 Å². The van der Waals surface area contributed by atoms with Crippen LogP contribution in [0.1, 0.15) is 33.2 Å². The number of hydrogen-bond acceptors (Lipinski definition) is 4. The number of ketones is 1. The molecular formula is C24H20BrNO3S. The number of halogens is 1. The highest BCUT2D eigenvalue weighted by Crippen LogP contribution is 2.44. The zero-order valence-corrected chi connectivity index (χ0v) is 19.2. The molecular weight excluding hydrogens is 462 g/mol. The van der Waals surface area contributed by atoms with Gasteiger partial charge in [0.1, 0.15) is 11.8 Å². The first-order chi connectivity index (χ1) is 14.3. The van der Waals surface area contributed by atoms with Gasteiger partial charge in [0.25, 0.3) is 11.7 Å². The summed E-state index contributed by atoms with van der Waals surface area (Å²) in [4.78, 5) is 28.5. The number of rotatable bonds is 3. The van der Waals surface area contributed by atoms with Crippen LogP contribution in [0.4, 0.5) is 5.69 Å². The minimum absolute atomic E-state index is 0.113. The van der Waals surface area contributed by atoms with Crippen LogP contribution in [-0.4, -0.2) is 16.8 Å². The van der Waals surface area contributed by atoms with Crippen LogP contribution in [0, 0.1) is 20.8 Å². The molecule has 152 valence electrons. The van der Waals surface area contributed by atoms with Crippen LogP contribution in [-0.2, 0) is 9.59 Å². The van der Waals surface area contributed by atoms with Crippen molar-refractivity contribution in [1.82, 2.24) is 0 Å². The van der Waals surface area contributed by atoms with Gasteiger partial charge in [-0.25, -0.2) is 0 Å². The Labute approximate surface area is 187 Å². The number of aliphatic hydroxyl groups excluding tert-OH is 1. The van der Waals surface area contributed by atoms with Crippen LogP contribution in [0.2, 0.25) is 0 Å². The van der Waals surface area contributed by atoms with Crippen molar-refractivity contribution in [3.05, 3.63) is 91.1 Å². The van der Waals surface area contributed by atoms with E-state index < -0.39 is 17.7 Å². The summed E-state index contributed by atoms with van der Waals surface area (Å²) in [6.07, 6.45) is 0. The second kappa shape index (κ2) is 7.85. The molecule has 1 aromatic heterocycles. The summed E-state index contributed by atoms with van der Waals surface area (Å²) in [5.41, 5.74) is 4.33. The second-order valence-corrected chi connectivity index (χ2v) is 9.25. The number of nitrogens with zero attached hydrogens (tertiary/aromatic N) is 1. The lowest BCUT2D eigenvalue weighted by atomic mass is 9.98. The first kappa shape index (κ1) is 20.6. The van der Waals surface area contributed by atoms with E-state index in [1.807, 2.05) is 62.5 Å². The number of carbonyl (C=O) groups excluding carboxylic acids is 2. The molecule has 0 radical (unpaired) electrons. The lowest BCUT2D eigenvalue weighted by Crippen LogP contribution is -2.29. The summed E-state index contributed by atoms with van der Waals surface area (Å²) in [7, 11) is 0. The molecule has 1 aliphatic heterocycles. The molecule has 1 unspecified atom stereocenters. The topological polar surface area (TPSA) is 57.6 Å². The molecule has 0 bridgehead atoms. The molecule has 1 aliphatic rings. The third kappa shape index (κ3) is 3.40. The number of hydrogen-bond donors (Lipinski definition) is 1. The molecule has 30 heavy (non-hydrogen) atoms. The molecule has 2 heterocycles. The van der Waals surface area contributed by atoms with Gasteiger partial charge in [-0.2, -0.15) is 0 Å². The maximum absolute atomic E-state index is 13.1. The number of aliphatic hydroxyl groups is 1. The Kier molecular flexibility index (Phi) is 5.38. The van der Waals surface area contributed by atoms with Crippen LogP contribution in [0.25, 0.3) is 5.76 Å². The quantitative estimate of drug-likeness (QED) is 0.280. The molecule has 1 saturated heterocycles. The van der Waals surface area contributed by atoms with E-state index in [-0.39, 0.29) is 11.3 Å². The lowest BCUT2D eigenvalue weighted by Gasteiger charge is -2.25. The average molecular weight is 482 g/mol. The summed E-state index contributed by atoms with van der Waals surface area (Å²) >= 11 is 4.91. The Hall–Kier alpha value is -2.70. The minimum atomic E-state index is -0.676. The zero-order chi connectivity index (χ0) is 21.6. The maximum Gasteiger partial charge on any atom is 0.300 e. The smallest absolute Gasteiger partial charge is 0.300 e. The molecule has 0 aliphatic carbocycles. The summed E-state index contributed by atoms with van der Waals surface area (Å²) < 4.78 is 0.907. The highest BCUT2D eigenvalue weighted by Gasteiger charge is 2.47. The number of benzene rings is 2. The molecule has 1 amide bonds. The predicted octanol–water partition coefficient (Wildman–Crippen LogP) is 6.06. The Bertz CT molecular complexity index is 1200. The van der Waals surface area contributed by atoms with Crippen molar-refractivity contribution in [1.29, 1.82) is 0 Å². The second-order valence-electron chi connectivity index (χ2n) is 7.42. The minimum Gasteiger partial charge on any atom is -0.507 e. The average Bonchev–Trinajstić information content (AvgIpc) is 3.33. The van der Waals surface area contributed by atoms with E-state index in [0.29, 0.717) is 11.3 Å². The first-order valence-corrected chi connectivity index (χ1v) is 11.1. The third-order valence-electron chi connectivity index (χ3n) is 5.46. The molecule has 4 rings (SSSR count). The van der Waals surface area contributed by atoms with Crippen molar-refractivity contribution in [3.63, 3.8) is 0 Å². The van der Waals surface area contributed by atoms with E-state index in [1.165, 1.54) is 16.2 Å². The highest BCUT2D eigenvalue weighted by molar-refractivity contribution is 9.10. The predicted molar refractivity (Wildman–Crippen MR) is 124 cm³/mol.